The minimum absolute atomic E-state index is 0.0377. The average Bonchev–Trinajstić information content (AvgIpc) is 3.17. The molecule has 1 aliphatic rings. The summed E-state index contributed by atoms with van der Waals surface area (Å²) >= 11 is 1.29. The normalized spacial score (nSPS) is 16.7. The zero-order chi connectivity index (χ0) is 24.8. The summed E-state index contributed by atoms with van der Waals surface area (Å²) in [5.74, 6) is -0.589. The van der Waals surface area contributed by atoms with Gasteiger partial charge in [-0.25, -0.2) is 0 Å². The topological polar surface area (TPSA) is 73.2 Å². The maximum absolute atomic E-state index is 13.6. The molecule has 2 amide bonds. The first kappa shape index (κ1) is 24.3. The minimum atomic E-state index is -0.465. The molecule has 1 heterocycles. The third-order valence-corrected chi connectivity index (χ3v) is 7.27. The number of amides is 2. The van der Waals surface area contributed by atoms with Crippen LogP contribution in [0.4, 0.5) is 5.69 Å². The summed E-state index contributed by atoms with van der Waals surface area (Å²) < 4.78 is 0. The first-order valence-corrected chi connectivity index (χ1v) is 12.4. The molecule has 35 heavy (non-hydrogen) atoms. The van der Waals surface area contributed by atoms with Crippen molar-refractivity contribution in [3.63, 3.8) is 0 Å². The molecule has 1 aliphatic heterocycles. The van der Waals surface area contributed by atoms with Gasteiger partial charge in [-0.1, -0.05) is 84.1 Å². The van der Waals surface area contributed by atoms with Gasteiger partial charge in [0.25, 0.3) is 5.91 Å². The van der Waals surface area contributed by atoms with Crippen molar-refractivity contribution in [2.45, 2.75) is 31.9 Å². The van der Waals surface area contributed by atoms with Gasteiger partial charge in [-0.3, -0.25) is 14.5 Å². The summed E-state index contributed by atoms with van der Waals surface area (Å²) in [4.78, 5) is 28.2. The molecule has 0 unspecified atom stereocenters. The maximum Gasteiger partial charge on any atom is 0.264 e. The second kappa shape index (κ2) is 11.1. The quantitative estimate of drug-likeness (QED) is 0.377. The molecule has 3 aromatic rings. The molecule has 0 spiro atoms. The first-order chi connectivity index (χ1) is 17.0. The minimum Gasteiger partial charge on any atom is -0.351 e. The highest BCUT2D eigenvalue weighted by atomic mass is 32.2. The summed E-state index contributed by atoms with van der Waals surface area (Å²) in [5, 5.41) is 12.8. The van der Waals surface area contributed by atoms with E-state index in [0.717, 1.165) is 22.3 Å². The third-order valence-electron chi connectivity index (χ3n) is 6.01. The van der Waals surface area contributed by atoms with E-state index < -0.39 is 11.2 Å². The highest BCUT2D eigenvalue weighted by molar-refractivity contribution is 8.05. The van der Waals surface area contributed by atoms with E-state index in [4.69, 9.17) is 0 Å². The van der Waals surface area contributed by atoms with Gasteiger partial charge in [-0.2, -0.15) is 5.26 Å². The Kier molecular flexibility index (Phi) is 7.69. The van der Waals surface area contributed by atoms with Crippen LogP contribution >= 0.6 is 11.8 Å². The van der Waals surface area contributed by atoms with Crippen LogP contribution in [0.1, 0.15) is 22.3 Å². The molecule has 0 aliphatic carbocycles. The lowest BCUT2D eigenvalue weighted by Gasteiger charge is -2.19. The molecule has 1 atom stereocenters. The predicted molar refractivity (Wildman–Crippen MR) is 141 cm³/mol. The van der Waals surface area contributed by atoms with Crippen LogP contribution < -0.4 is 10.2 Å². The van der Waals surface area contributed by atoms with Crippen LogP contribution in [0, 0.1) is 25.2 Å². The van der Waals surface area contributed by atoms with E-state index in [-0.39, 0.29) is 11.5 Å². The highest BCUT2D eigenvalue weighted by Crippen LogP contribution is 2.42. The summed E-state index contributed by atoms with van der Waals surface area (Å²) in [6, 6.07) is 27.4. The van der Waals surface area contributed by atoms with Crippen molar-refractivity contribution >= 4 is 29.3 Å². The molecule has 3 aromatic carbocycles. The molecule has 176 valence electrons. The molecule has 0 aromatic heterocycles. The Morgan fingerprint density at radius 1 is 1.00 bits per heavy atom. The summed E-state index contributed by atoms with van der Waals surface area (Å²) in [5.41, 5.74) is 4.97. The van der Waals surface area contributed by atoms with Crippen LogP contribution in [0.15, 0.2) is 89.5 Å². The van der Waals surface area contributed by atoms with Crippen LogP contribution in [0.5, 0.6) is 0 Å². The lowest BCUT2D eigenvalue weighted by Crippen LogP contribution is -2.32. The van der Waals surface area contributed by atoms with Crippen LogP contribution in [-0.2, 0) is 22.4 Å². The van der Waals surface area contributed by atoms with Crippen LogP contribution in [0.25, 0.3) is 0 Å². The molecular formula is C29H27N3O2S. The Balaban J connectivity index is 1.62. The van der Waals surface area contributed by atoms with Crippen molar-refractivity contribution in [3.05, 3.63) is 112 Å². The Morgan fingerprint density at radius 2 is 1.69 bits per heavy atom. The first-order valence-electron chi connectivity index (χ1n) is 11.6. The number of aryl methyl sites for hydroxylation is 2. The van der Waals surface area contributed by atoms with Crippen molar-refractivity contribution < 1.29 is 9.59 Å². The number of thioether (sulfide) groups is 1. The zero-order valence-corrected chi connectivity index (χ0v) is 20.6. The SMILES string of the molecule is Cc1ccc(N2C(=O)[C@H](Cc3ccccc3C)S/C2=C(/C#N)C(=O)NCCc2ccccc2)cc1. The van der Waals surface area contributed by atoms with Gasteiger partial charge in [0.15, 0.2) is 0 Å². The molecule has 0 bridgehead atoms. The van der Waals surface area contributed by atoms with Crippen LogP contribution in [-0.4, -0.2) is 23.6 Å². The molecule has 5 nitrogen and oxygen atoms in total. The van der Waals surface area contributed by atoms with Gasteiger partial charge < -0.3 is 5.32 Å². The fraction of sp³-hybridized carbons (Fsp3) is 0.207. The zero-order valence-electron chi connectivity index (χ0n) is 19.8. The van der Waals surface area contributed by atoms with Gasteiger partial charge in [-0.15, -0.1) is 0 Å². The maximum atomic E-state index is 13.6. The van der Waals surface area contributed by atoms with Gasteiger partial charge >= 0.3 is 0 Å². The van der Waals surface area contributed by atoms with Crippen molar-refractivity contribution in [1.29, 1.82) is 5.26 Å². The number of hydrogen-bond donors (Lipinski definition) is 1. The molecule has 1 saturated heterocycles. The molecule has 4 rings (SSSR count). The van der Waals surface area contributed by atoms with Crippen molar-refractivity contribution in [3.8, 4) is 6.07 Å². The van der Waals surface area contributed by atoms with Gasteiger partial charge in [-0.05, 0) is 55.5 Å². The standard InChI is InChI=1S/C29H27N3O2S/c1-20-12-14-24(15-13-20)32-28(34)26(18-23-11-7-6-8-21(23)2)35-29(32)25(19-30)27(33)31-17-16-22-9-4-3-5-10-22/h3-15,26H,16-18H2,1-2H3,(H,31,33)/b29-25-/t26-/m0/s1. The lowest BCUT2D eigenvalue weighted by atomic mass is 10.0. The monoisotopic (exact) mass is 481 g/mol. The molecule has 1 N–H and O–H groups in total. The largest absolute Gasteiger partial charge is 0.351 e. The van der Waals surface area contributed by atoms with E-state index in [1.54, 1.807) is 0 Å². The Hall–Kier alpha value is -3.82. The molecule has 1 fully saturated rings. The summed E-state index contributed by atoms with van der Waals surface area (Å²) in [6.45, 7) is 4.40. The van der Waals surface area contributed by atoms with E-state index >= 15 is 0 Å². The average molecular weight is 482 g/mol. The number of carbonyl (C=O) groups is 2. The number of rotatable bonds is 7. The highest BCUT2D eigenvalue weighted by Gasteiger charge is 2.40. The Bertz CT molecular complexity index is 1290. The number of nitriles is 1. The van der Waals surface area contributed by atoms with E-state index in [9.17, 15) is 14.9 Å². The van der Waals surface area contributed by atoms with Gasteiger partial charge in [0.05, 0.1) is 5.25 Å². The lowest BCUT2D eigenvalue weighted by molar-refractivity contribution is -0.117. The number of nitrogens with zero attached hydrogens (tertiary/aromatic N) is 2. The van der Waals surface area contributed by atoms with E-state index in [1.165, 1.54) is 16.7 Å². The van der Waals surface area contributed by atoms with E-state index in [1.807, 2.05) is 92.7 Å². The smallest absolute Gasteiger partial charge is 0.264 e. The van der Waals surface area contributed by atoms with Gasteiger partial charge in [0.2, 0.25) is 5.91 Å². The van der Waals surface area contributed by atoms with Crippen LogP contribution in [0.3, 0.4) is 0 Å². The number of carbonyl (C=O) groups excluding carboxylic acids is 2. The fourth-order valence-electron chi connectivity index (χ4n) is 4.01. The fourth-order valence-corrected chi connectivity index (χ4v) is 5.30. The number of nitrogens with one attached hydrogen (secondary N) is 1. The van der Waals surface area contributed by atoms with Crippen molar-refractivity contribution in [1.82, 2.24) is 5.32 Å². The number of hydrogen-bond acceptors (Lipinski definition) is 4. The molecule has 0 radical (unpaired) electrons. The van der Waals surface area contributed by atoms with E-state index in [2.05, 4.69) is 11.4 Å². The van der Waals surface area contributed by atoms with Gasteiger partial charge in [0, 0.05) is 12.2 Å². The Labute approximate surface area is 210 Å². The Morgan fingerprint density at radius 3 is 2.37 bits per heavy atom. The predicted octanol–water partition coefficient (Wildman–Crippen LogP) is 5.09. The summed E-state index contributed by atoms with van der Waals surface area (Å²) in [7, 11) is 0. The van der Waals surface area contributed by atoms with Crippen molar-refractivity contribution in [2.24, 2.45) is 0 Å². The molecule has 0 saturated carbocycles. The second-order valence-corrected chi connectivity index (χ2v) is 9.72. The second-order valence-electron chi connectivity index (χ2n) is 8.53. The van der Waals surface area contributed by atoms with Crippen LogP contribution in [0.2, 0.25) is 0 Å². The van der Waals surface area contributed by atoms with Crippen molar-refractivity contribution in [2.75, 3.05) is 11.4 Å². The summed E-state index contributed by atoms with van der Waals surface area (Å²) in [6.07, 6.45) is 1.18. The van der Waals surface area contributed by atoms with Gasteiger partial charge in [0.1, 0.15) is 16.7 Å². The number of benzene rings is 3. The van der Waals surface area contributed by atoms with E-state index in [0.29, 0.717) is 30.1 Å². The third kappa shape index (κ3) is 5.64. The molecule has 6 heteroatoms. The number of anilines is 1. The molecular weight excluding hydrogens is 454 g/mol.